The minimum Gasteiger partial charge on any atom is -0.372 e. The summed E-state index contributed by atoms with van der Waals surface area (Å²) in [5.74, 6) is 0.460. The van der Waals surface area contributed by atoms with Gasteiger partial charge in [0, 0.05) is 30.9 Å². The fourth-order valence-electron chi connectivity index (χ4n) is 4.15. The van der Waals surface area contributed by atoms with Crippen LogP contribution in [0.4, 0.5) is 5.69 Å². The molecule has 0 radical (unpaired) electrons. The lowest BCUT2D eigenvalue weighted by Crippen LogP contribution is -2.48. The van der Waals surface area contributed by atoms with E-state index in [2.05, 4.69) is 43.0 Å². The number of hydrogen-bond donors (Lipinski definition) is 0. The molecule has 2 fully saturated rings. The molecular weight excluding hydrogens is 348 g/mol. The zero-order valence-corrected chi connectivity index (χ0v) is 16.9. The predicted octanol–water partition coefficient (Wildman–Crippen LogP) is 4.53. The van der Waals surface area contributed by atoms with Gasteiger partial charge in [-0.05, 0) is 48.6 Å². The third-order valence-corrected chi connectivity index (χ3v) is 5.91. The zero-order chi connectivity index (χ0) is 19.5. The Morgan fingerprint density at radius 3 is 2.29 bits per heavy atom. The third-order valence-electron chi connectivity index (χ3n) is 5.91. The summed E-state index contributed by atoms with van der Waals surface area (Å²) in [5.41, 5.74) is 3.12. The Bertz CT molecular complexity index is 782. The maximum Gasteiger partial charge on any atom is 0.254 e. The van der Waals surface area contributed by atoms with E-state index in [0.29, 0.717) is 19.0 Å². The van der Waals surface area contributed by atoms with Gasteiger partial charge in [-0.3, -0.25) is 4.79 Å². The summed E-state index contributed by atoms with van der Waals surface area (Å²) in [6, 6.07) is 18.4. The van der Waals surface area contributed by atoms with Crippen LogP contribution in [0.5, 0.6) is 0 Å². The van der Waals surface area contributed by atoms with E-state index >= 15 is 0 Å². The minimum absolute atomic E-state index is 0.0479. The van der Waals surface area contributed by atoms with Gasteiger partial charge < -0.3 is 14.5 Å². The van der Waals surface area contributed by atoms with Crippen molar-refractivity contribution in [2.45, 2.75) is 38.9 Å². The van der Waals surface area contributed by atoms with E-state index in [1.165, 1.54) is 18.5 Å². The molecule has 0 bridgehead atoms. The second-order valence-corrected chi connectivity index (χ2v) is 8.27. The van der Waals surface area contributed by atoms with Crippen LogP contribution in [0.1, 0.15) is 48.7 Å². The summed E-state index contributed by atoms with van der Waals surface area (Å²) in [4.78, 5) is 17.6. The Kier molecular flexibility index (Phi) is 5.67. The fraction of sp³-hybridized carbons (Fsp3) is 0.458. The molecule has 0 N–H and O–H groups in total. The number of rotatable bonds is 4. The Morgan fingerprint density at radius 2 is 1.64 bits per heavy atom. The number of morpholine rings is 1. The molecule has 4 rings (SSSR count). The number of anilines is 1. The van der Waals surface area contributed by atoms with Gasteiger partial charge in [0.05, 0.1) is 12.6 Å². The predicted molar refractivity (Wildman–Crippen MR) is 113 cm³/mol. The molecular formula is C24H30N2O2. The first kappa shape index (κ1) is 19.0. The molecule has 28 heavy (non-hydrogen) atoms. The monoisotopic (exact) mass is 378 g/mol. The van der Waals surface area contributed by atoms with Crippen molar-refractivity contribution in [3.05, 3.63) is 65.7 Å². The van der Waals surface area contributed by atoms with Crippen molar-refractivity contribution < 1.29 is 9.53 Å². The molecule has 4 heteroatoms. The van der Waals surface area contributed by atoms with E-state index in [9.17, 15) is 4.79 Å². The molecule has 0 aromatic heterocycles. The van der Waals surface area contributed by atoms with Gasteiger partial charge >= 0.3 is 0 Å². The van der Waals surface area contributed by atoms with Crippen molar-refractivity contribution in [2.75, 3.05) is 31.1 Å². The van der Waals surface area contributed by atoms with E-state index in [1.54, 1.807) is 0 Å². The van der Waals surface area contributed by atoms with Crippen molar-refractivity contribution in [3.63, 3.8) is 0 Å². The van der Waals surface area contributed by atoms with Crippen LogP contribution in [0.15, 0.2) is 54.6 Å². The number of nitrogens with zero attached hydrogens (tertiary/aromatic N) is 2. The van der Waals surface area contributed by atoms with Crippen molar-refractivity contribution in [1.29, 1.82) is 0 Å². The van der Waals surface area contributed by atoms with Crippen LogP contribution in [0.3, 0.4) is 0 Å². The van der Waals surface area contributed by atoms with Gasteiger partial charge in [0.15, 0.2) is 0 Å². The highest BCUT2D eigenvalue weighted by Crippen LogP contribution is 2.29. The lowest BCUT2D eigenvalue weighted by atomic mass is 10.0. The van der Waals surface area contributed by atoms with E-state index in [1.807, 2.05) is 35.2 Å². The highest BCUT2D eigenvalue weighted by Gasteiger charge is 2.33. The number of carbonyl (C=O) groups is 1. The zero-order valence-electron chi connectivity index (χ0n) is 16.9. The molecule has 148 valence electrons. The highest BCUT2D eigenvalue weighted by atomic mass is 16.5. The second kappa shape index (κ2) is 8.36. The van der Waals surface area contributed by atoms with Crippen LogP contribution >= 0.6 is 0 Å². The van der Waals surface area contributed by atoms with Crippen LogP contribution in [0.2, 0.25) is 0 Å². The summed E-state index contributed by atoms with van der Waals surface area (Å²) in [6.45, 7) is 7.79. The third kappa shape index (κ3) is 4.07. The van der Waals surface area contributed by atoms with Crippen molar-refractivity contribution in [1.82, 2.24) is 4.90 Å². The van der Waals surface area contributed by atoms with E-state index in [-0.39, 0.29) is 18.1 Å². The van der Waals surface area contributed by atoms with Gasteiger partial charge in [0.1, 0.15) is 6.10 Å². The molecule has 2 aromatic rings. The molecule has 0 unspecified atom stereocenters. The number of hydrogen-bond acceptors (Lipinski definition) is 3. The Hall–Kier alpha value is -2.33. The summed E-state index contributed by atoms with van der Waals surface area (Å²) in [6.07, 6.45) is 2.49. The molecule has 2 aliphatic rings. The molecule has 0 saturated carbocycles. The van der Waals surface area contributed by atoms with Crippen LogP contribution in [-0.2, 0) is 4.74 Å². The van der Waals surface area contributed by atoms with Crippen LogP contribution < -0.4 is 4.90 Å². The van der Waals surface area contributed by atoms with Crippen molar-refractivity contribution in [2.24, 2.45) is 5.92 Å². The molecule has 2 atom stereocenters. The average Bonchev–Trinajstić information content (AvgIpc) is 3.28. The molecule has 2 aromatic carbocycles. The quantitative estimate of drug-likeness (QED) is 0.784. The van der Waals surface area contributed by atoms with Crippen LogP contribution in [-0.4, -0.2) is 43.1 Å². The lowest BCUT2D eigenvalue weighted by Gasteiger charge is -2.40. The molecule has 0 aliphatic carbocycles. The number of benzene rings is 2. The highest BCUT2D eigenvalue weighted by molar-refractivity contribution is 5.94. The van der Waals surface area contributed by atoms with Gasteiger partial charge in [0.2, 0.25) is 0 Å². The van der Waals surface area contributed by atoms with Gasteiger partial charge in [0.25, 0.3) is 5.91 Å². The number of carbonyl (C=O) groups excluding carboxylic acids is 1. The number of ether oxygens (including phenoxy) is 1. The standard InChI is InChI=1S/C24H30N2O2/c1-18(2)22-16-26(17-23(28-22)19-8-4-3-5-9-19)24(27)20-10-12-21(13-11-20)25-14-6-7-15-25/h3-5,8-13,18,22-23H,6-7,14-17H2,1-2H3/t22-,23+/m1/s1. The number of amides is 1. The van der Waals surface area contributed by atoms with Crippen molar-refractivity contribution in [3.8, 4) is 0 Å². The summed E-state index contributed by atoms with van der Waals surface area (Å²) < 4.78 is 6.34. The summed E-state index contributed by atoms with van der Waals surface area (Å²) >= 11 is 0. The van der Waals surface area contributed by atoms with Gasteiger partial charge in [-0.15, -0.1) is 0 Å². The molecule has 0 spiro atoms. The minimum atomic E-state index is -0.0739. The van der Waals surface area contributed by atoms with E-state index < -0.39 is 0 Å². The molecule has 1 amide bonds. The summed E-state index contributed by atoms with van der Waals surface area (Å²) in [5, 5.41) is 0. The average molecular weight is 379 g/mol. The Labute approximate surface area is 168 Å². The second-order valence-electron chi connectivity index (χ2n) is 8.27. The Balaban J connectivity index is 1.51. The maximum absolute atomic E-state index is 13.2. The van der Waals surface area contributed by atoms with Gasteiger partial charge in [-0.1, -0.05) is 44.2 Å². The van der Waals surface area contributed by atoms with Crippen LogP contribution in [0, 0.1) is 5.92 Å². The first-order valence-corrected chi connectivity index (χ1v) is 10.5. The molecule has 4 nitrogen and oxygen atoms in total. The van der Waals surface area contributed by atoms with Gasteiger partial charge in [-0.25, -0.2) is 0 Å². The first-order valence-electron chi connectivity index (χ1n) is 10.5. The van der Waals surface area contributed by atoms with Gasteiger partial charge in [-0.2, -0.15) is 0 Å². The van der Waals surface area contributed by atoms with Crippen LogP contribution in [0.25, 0.3) is 0 Å². The topological polar surface area (TPSA) is 32.8 Å². The molecule has 2 saturated heterocycles. The molecule has 2 heterocycles. The van der Waals surface area contributed by atoms with E-state index in [4.69, 9.17) is 4.74 Å². The maximum atomic E-state index is 13.2. The molecule has 2 aliphatic heterocycles. The fourth-order valence-corrected chi connectivity index (χ4v) is 4.15. The van der Waals surface area contributed by atoms with Crippen molar-refractivity contribution >= 4 is 11.6 Å². The lowest BCUT2D eigenvalue weighted by molar-refractivity contribution is -0.0954. The summed E-state index contributed by atoms with van der Waals surface area (Å²) in [7, 11) is 0. The SMILES string of the molecule is CC(C)[C@H]1CN(C(=O)c2ccc(N3CCCC3)cc2)C[C@@H](c2ccccc2)O1. The first-order chi connectivity index (χ1) is 13.6. The smallest absolute Gasteiger partial charge is 0.254 e. The Morgan fingerprint density at radius 1 is 0.964 bits per heavy atom. The van der Waals surface area contributed by atoms with E-state index in [0.717, 1.165) is 24.2 Å². The normalized spacial score (nSPS) is 22.7. The largest absolute Gasteiger partial charge is 0.372 e.